The van der Waals surface area contributed by atoms with Gasteiger partial charge < -0.3 is 18.9 Å². The zero-order valence-corrected chi connectivity index (χ0v) is 12.5. The average molecular weight is 303 g/mol. The largest absolute Gasteiger partial charge is 0.616 e. The predicted molar refractivity (Wildman–Crippen MR) is 73.4 cm³/mol. The molecule has 1 aromatic heterocycles. The minimum Gasteiger partial charge on any atom is -0.616 e. The number of fused-ring (bicyclic) bond motifs is 3. The standard InChI is InChI=1S/C14H13N3O5/c1-6-5-10(16-22-9(4)18)11-13-12(15-8(3)21-13)7(2)20-14(11)17(6)19/h5H,1-4H3/b16-10+. The molecule has 22 heavy (non-hydrogen) atoms. The van der Waals surface area contributed by atoms with Crippen LogP contribution >= 0.6 is 0 Å². The number of hydrogen-bond acceptors (Lipinski definition) is 7. The van der Waals surface area contributed by atoms with Crippen LogP contribution < -0.4 is 10.1 Å². The lowest BCUT2D eigenvalue weighted by atomic mass is 10.1. The number of aryl methyl sites for hydroxylation is 3. The summed E-state index contributed by atoms with van der Waals surface area (Å²) in [4.78, 5) is 19.9. The Morgan fingerprint density at radius 2 is 2.09 bits per heavy atom. The number of aromatic nitrogens is 2. The molecular weight excluding hydrogens is 290 g/mol. The smallest absolute Gasteiger partial charge is 0.398 e. The van der Waals surface area contributed by atoms with Gasteiger partial charge in [0.25, 0.3) is 0 Å². The van der Waals surface area contributed by atoms with Crippen molar-refractivity contribution in [3.63, 3.8) is 0 Å². The van der Waals surface area contributed by atoms with Crippen molar-refractivity contribution in [1.29, 1.82) is 0 Å². The molecule has 0 unspecified atom stereocenters. The lowest BCUT2D eigenvalue weighted by molar-refractivity contribution is -0.610. The van der Waals surface area contributed by atoms with Crippen molar-refractivity contribution in [3.05, 3.63) is 34.0 Å². The molecular formula is C14H13N3O5. The van der Waals surface area contributed by atoms with Gasteiger partial charge in [0.05, 0.1) is 0 Å². The second-order valence-electron chi connectivity index (χ2n) is 4.89. The molecule has 3 heterocycles. The Morgan fingerprint density at radius 3 is 2.77 bits per heavy atom. The molecule has 1 aromatic rings. The number of nitrogens with zero attached hydrogens (tertiary/aromatic N) is 3. The molecule has 0 saturated carbocycles. The van der Waals surface area contributed by atoms with Crippen molar-refractivity contribution >= 4 is 17.1 Å². The average Bonchev–Trinajstić information content (AvgIpc) is 2.83. The highest BCUT2D eigenvalue weighted by Crippen LogP contribution is 2.29. The maximum atomic E-state index is 12.2. The SMILES string of the molecule is CC(=O)O/N=c1\cc(C)[n+]([O-])c2oc(C)c3nc(C)oc3c1-2. The van der Waals surface area contributed by atoms with E-state index in [4.69, 9.17) is 8.83 Å². The second-order valence-corrected chi connectivity index (χ2v) is 4.89. The van der Waals surface area contributed by atoms with Gasteiger partial charge in [-0.05, 0) is 6.92 Å². The van der Waals surface area contributed by atoms with Crippen molar-refractivity contribution in [1.82, 2.24) is 4.98 Å². The van der Waals surface area contributed by atoms with Crippen LogP contribution in [0.4, 0.5) is 0 Å². The lowest BCUT2D eigenvalue weighted by Crippen LogP contribution is -2.37. The van der Waals surface area contributed by atoms with Gasteiger partial charge in [0.2, 0.25) is 0 Å². The van der Waals surface area contributed by atoms with Crippen molar-refractivity contribution in [2.75, 3.05) is 0 Å². The van der Waals surface area contributed by atoms with E-state index in [9.17, 15) is 10.0 Å². The van der Waals surface area contributed by atoms with Crippen LogP contribution in [0.1, 0.15) is 24.3 Å². The van der Waals surface area contributed by atoms with E-state index in [0.717, 1.165) is 0 Å². The fourth-order valence-corrected chi connectivity index (χ4v) is 2.22. The summed E-state index contributed by atoms with van der Waals surface area (Å²) in [6.45, 7) is 6.21. The Kier molecular flexibility index (Phi) is 3.09. The van der Waals surface area contributed by atoms with Gasteiger partial charge in [-0.2, -0.15) is 0 Å². The number of oxazole rings is 1. The van der Waals surface area contributed by atoms with Crippen LogP contribution in [0, 0.1) is 26.0 Å². The summed E-state index contributed by atoms with van der Waals surface area (Å²) in [5, 5.41) is 16.3. The van der Waals surface area contributed by atoms with Crippen molar-refractivity contribution in [2.45, 2.75) is 27.7 Å². The van der Waals surface area contributed by atoms with Gasteiger partial charge in [0, 0.05) is 26.8 Å². The van der Waals surface area contributed by atoms with Crippen LogP contribution in [0.2, 0.25) is 0 Å². The molecule has 0 spiro atoms. The Labute approximate surface area is 124 Å². The molecule has 0 amide bonds. The van der Waals surface area contributed by atoms with Crippen molar-refractivity contribution in [3.8, 4) is 11.5 Å². The van der Waals surface area contributed by atoms with Gasteiger partial charge >= 0.3 is 11.9 Å². The molecule has 0 aromatic carbocycles. The third-order valence-corrected chi connectivity index (χ3v) is 3.14. The van der Waals surface area contributed by atoms with E-state index in [0.29, 0.717) is 38.7 Å². The van der Waals surface area contributed by atoms with Crippen molar-refractivity contribution in [2.24, 2.45) is 5.16 Å². The topological polar surface area (TPSA) is 105 Å². The molecule has 2 aliphatic heterocycles. The Bertz CT molecular complexity index is 938. The van der Waals surface area contributed by atoms with E-state index in [1.807, 2.05) is 0 Å². The number of hydrogen-bond donors (Lipinski definition) is 0. The quantitative estimate of drug-likeness (QED) is 0.292. The van der Waals surface area contributed by atoms with Crippen molar-refractivity contribution < 1.29 is 23.2 Å². The maximum absolute atomic E-state index is 12.2. The molecule has 0 bridgehead atoms. The van der Waals surface area contributed by atoms with Crippen LogP contribution in [0.5, 0.6) is 0 Å². The molecule has 0 aliphatic carbocycles. The van der Waals surface area contributed by atoms with Gasteiger partial charge in [-0.3, -0.25) is 0 Å². The van der Waals surface area contributed by atoms with Crippen LogP contribution in [-0.2, 0) is 9.63 Å². The number of carbonyl (C=O) groups excluding carboxylic acids is 1. The lowest BCUT2D eigenvalue weighted by Gasteiger charge is -2.09. The molecule has 0 fully saturated rings. The molecule has 8 heteroatoms. The summed E-state index contributed by atoms with van der Waals surface area (Å²) in [6, 6.07) is 1.49. The number of rotatable bonds is 1. The van der Waals surface area contributed by atoms with E-state index in [1.165, 1.54) is 13.0 Å². The normalized spacial score (nSPS) is 12.3. The molecule has 0 saturated heterocycles. The highest BCUT2D eigenvalue weighted by Gasteiger charge is 2.28. The molecule has 8 nitrogen and oxygen atoms in total. The summed E-state index contributed by atoms with van der Waals surface area (Å²) in [5.41, 5.74) is 1.51. The molecule has 2 aliphatic rings. The first-order valence-corrected chi connectivity index (χ1v) is 6.54. The third kappa shape index (κ3) is 2.09. The first-order chi connectivity index (χ1) is 10.4. The first-order valence-electron chi connectivity index (χ1n) is 6.54. The Balaban J connectivity index is 2.50. The van der Waals surface area contributed by atoms with Crippen LogP contribution in [0.15, 0.2) is 20.1 Å². The molecule has 114 valence electrons. The molecule has 0 atom stereocenters. The van der Waals surface area contributed by atoms with Crippen LogP contribution in [0.25, 0.3) is 22.6 Å². The van der Waals surface area contributed by atoms with E-state index in [-0.39, 0.29) is 11.2 Å². The number of carbonyl (C=O) groups is 1. The maximum Gasteiger partial charge on any atom is 0.398 e. The van der Waals surface area contributed by atoms with E-state index >= 15 is 0 Å². The summed E-state index contributed by atoms with van der Waals surface area (Å²) in [5.74, 6) is 0.330. The summed E-state index contributed by atoms with van der Waals surface area (Å²) >= 11 is 0. The van der Waals surface area contributed by atoms with E-state index < -0.39 is 5.97 Å². The van der Waals surface area contributed by atoms with Crippen LogP contribution in [0.3, 0.4) is 0 Å². The zero-order chi connectivity index (χ0) is 16.0. The molecule has 3 rings (SSSR count). The van der Waals surface area contributed by atoms with Gasteiger partial charge in [-0.25, -0.2) is 9.78 Å². The highest BCUT2D eigenvalue weighted by atomic mass is 16.7. The Hall–Kier alpha value is -2.90. The number of pyridine rings is 1. The third-order valence-electron chi connectivity index (χ3n) is 3.14. The second kappa shape index (κ2) is 4.83. The van der Waals surface area contributed by atoms with E-state index in [1.54, 1.807) is 20.8 Å². The van der Waals surface area contributed by atoms with E-state index in [2.05, 4.69) is 15.0 Å². The monoisotopic (exact) mass is 303 g/mol. The molecule has 0 radical (unpaired) electrons. The summed E-state index contributed by atoms with van der Waals surface area (Å²) in [6.07, 6.45) is 0. The highest BCUT2D eigenvalue weighted by molar-refractivity contribution is 5.88. The minimum absolute atomic E-state index is 0.0204. The Morgan fingerprint density at radius 1 is 1.36 bits per heavy atom. The first kappa shape index (κ1) is 14.1. The predicted octanol–water partition coefficient (Wildman–Crippen LogP) is 1.46. The summed E-state index contributed by atoms with van der Waals surface area (Å²) in [7, 11) is 0. The fraction of sp³-hybridized carbons (Fsp3) is 0.286. The van der Waals surface area contributed by atoms with Gasteiger partial charge in [-0.1, -0.05) is 5.16 Å². The van der Waals surface area contributed by atoms with Gasteiger partial charge in [0.1, 0.15) is 16.6 Å². The minimum atomic E-state index is -0.571. The van der Waals surface area contributed by atoms with Gasteiger partial charge in [-0.15, -0.1) is 4.73 Å². The van der Waals surface area contributed by atoms with Gasteiger partial charge in [0.15, 0.2) is 22.7 Å². The zero-order valence-electron chi connectivity index (χ0n) is 12.5. The van der Waals surface area contributed by atoms with Crippen LogP contribution in [-0.4, -0.2) is 11.0 Å². The fourth-order valence-electron chi connectivity index (χ4n) is 2.22. The molecule has 0 N–H and O–H groups in total. The summed E-state index contributed by atoms with van der Waals surface area (Å²) < 4.78 is 11.8.